The third-order valence-electron chi connectivity index (χ3n) is 4.93. The van der Waals surface area contributed by atoms with E-state index in [9.17, 15) is 13.2 Å². The molecule has 3 rings (SSSR count). The van der Waals surface area contributed by atoms with E-state index in [-0.39, 0.29) is 17.6 Å². The van der Waals surface area contributed by atoms with Gasteiger partial charge >= 0.3 is 0 Å². The van der Waals surface area contributed by atoms with Gasteiger partial charge in [-0.15, -0.1) is 11.8 Å². The summed E-state index contributed by atoms with van der Waals surface area (Å²) >= 11 is 5.05. The maximum atomic E-state index is 12.7. The predicted molar refractivity (Wildman–Crippen MR) is 123 cm³/mol. The molecule has 2 aromatic carbocycles. The Hall–Kier alpha value is -1.35. The summed E-state index contributed by atoms with van der Waals surface area (Å²) in [5.41, 5.74) is 1.59. The number of piperidine rings is 1. The average Bonchev–Trinajstić information content (AvgIpc) is 2.71. The molecule has 1 amide bonds. The largest absolute Gasteiger partial charge is 0.325 e. The molecule has 1 aliphatic heterocycles. The van der Waals surface area contributed by atoms with Gasteiger partial charge in [-0.3, -0.25) is 4.79 Å². The zero-order chi connectivity index (χ0) is 20.9. The van der Waals surface area contributed by atoms with Crippen LogP contribution in [0.5, 0.6) is 0 Å². The Morgan fingerprint density at radius 3 is 2.45 bits per heavy atom. The maximum absolute atomic E-state index is 12.7. The lowest BCUT2D eigenvalue weighted by Gasteiger charge is -2.30. The minimum absolute atomic E-state index is 0.0151. The van der Waals surface area contributed by atoms with Crippen molar-refractivity contribution in [1.29, 1.82) is 0 Å². The summed E-state index contributed by atoms with van der Waals surface area (Å²) < 4.78 is 27.9. The zero-order valence-corrected chi connectivity index (χ0v) is 19.5. The van der Waals surface area contributed by atoms with Crippen LogP contribution >= 0.6 is 27.7 Å². The number of halogens is 1. The molecule has 0 spiro atoms. The van der Waals surface area contributed by atoms with Gasteiger partial charge in [0.25, 0.3) is 0 Å². The fraction of sp³-hybridized carbons (Fsp3) is 0.381. The molecular formula is C21H25BrN2O3S2. The van der Waals surface area contributed by atoms with Crippen LogP contribution < -0.4 is 5.32 Å². The van der Waals surface area contributed by atoms with Crippen LogP contribution in [-0.4, -0.2) is 37.5 Å². The smallest absolute Gasteiger partial charge is 0.227 e. The first-order valence-electron chi connectivity index (χ1n) is 9.64. The third kappa shape index (κ3) is 6.07. The van der Waals surface area contributed by atoms with E-state index in [2.05, 4.69) is 28.2 Å². The number of rotatable bonds is 7. The number of carbonyl (C=O) groups is 1. The molecule has 156 valence electrons. The number of para-hydroxylation sites is 1. The van der Waals surface area contributed by atoms with Crippen LogP contribution in [0.4, 0.5) is 5.69 Å². The minimum atomic E-state index is -3.39. The molecule has 0 bridgehead atoms. The first-order valence-corrected chi connectivity index (χ1v) is 13.0. The normalized spacial score (nSPS) is 15.9. The molecule has 1 fully saturated rings. The summed E-state index contributed by atoms with van der Waals surface area (Å²) in [5, 5.41) is 3.03. The van der Waals surface area contributed by atoms with Crippen LogP contribution in [0, 0.1) is 5.92 Å². The highest BCUT2D eigenvalue weighted by atomic mass is 79.9. The molecule has 1 aliphatic rings. The summed E-state index contributed by atoms with van der Waals surface area (Å²) in [6.07, 6.45) is 1.07. The fourth-order valence-electron chi connectivity index (χ4n) is 3.36. The first kappa shape index (κ1) is 22.3. The number of amides is 1. The van der Waals surface area contributed by atoms with E-state index in [1.165, 1.54) is 4.31 Å². The van der Waals surface area contributed by atoms with Crippen LogP contribution in [0.3, 0.4) is 0 Å². The molecule has 0 saturated carbocycles. The lowest BCUT2D eigenvalue weighted by molar-refractivity contribution is -0.120. The standard InChI is InChI=1S/C21H25BrN2O3S2/c1-2-28-20-6-4-3-5-19(20)23-21(25)17-11-13-24(14-12-17)29(26,27)15-16-7-9-18(22)10-8-16/h3-10,17H,2,11-15H2,1H3,(H,23,25). The maximum Gasteiger partial charge on any atom is 0.227 e. The number of sulfonamides is 1. The van der Waals surface area contributed by atoms with Crippen molar-refractivity contribution in [3.05, 3.63) is 58.6 Å². The van der Waals surface area contributed by atoms with E-state index in [1.807, 2.05) is 48.5 Å². The van der Waals surface area contributed by atoms with E-state index in [0.29, 0.717) is 25.9 Å². The summed E-state index contributed by atoms with van der Waals surface area (Å²) in [6, 6.07) is 15.1. The number of benzene rings is 2. The molecule has 0 radical (unpaired) electrons. The van der Waals surface area contributed by atoms with E-state index in [1.54, 1.807) is 11.8 Å². The zero-order valence-electron chi connectivity index (χ0n) is 16.3. The Balaban J connectivity index is 1.57. The number of carbonyl (C=O) groups excluding carboxylic acids is 1. The lowest BCUT2D eigenvalue weighted by Crippen LogP contribution is -2.41. The van der Waals surface area contributed by atoms with Crippen molar-refractivity contribution in [2.24, 2.45) is 5.92 Å². The fourth-order valence-corrected chi connectivity index (χ4v) is 5.95. The molecule has 5 nitrogen and oxygen atoms in total. The van der Waals surface area contributed by atoms with E-state index >= 15 is 0 Å². The van der Waals surface area contributed by atoms with Gasteiger partial charge in [0, 0.05) is 28.4 Å². The highest BCUT2D eigenvalue weighted by molar-refractivity contribution is 9.10. The number of nitrogens with zero attached hydrogens (tertiary/aromatic N) is 1. The highest BCUT2D eigenvalue weighted by Gasteiger charge is 2.31. The second-order valence-corrected chi connectivity index (χ2v) is 11.2. The Morgan fingerprint density at radius 2 is 1.79 bits per heavy atom. The van der Waals surface area contributed by atoms with E-state index < -0.39 is 10.0 Å². The molecular weight excluding hydrogens is 472 g/mol. The molecule has 0 unspecified atom stereocenters. The lowest BCUT2D eigenvalue weighted by atomic mass is 9.97. The summed E-state index contributed by atoms with van der Waals surface area (Å²) in [5.74, 6) is 0.716. The molecule has 2 aromatic rings. The molecule has 8 heteroatoms. The van der Waals surface area contributed by atoms with Gasteiger partial charge < -0.3 is 5.32 Å². The third-order valence-corrected chi connectivity index (χ3v) is 8.26. The molecule has 0 aromatic heterocycles. The number of thioether (sulfide) groups is 1. The van der Waals surface area contributed by atoms with Crippen LogP contribution in [0.25, 0.3) is 0 Å². The minimum Gasteiger partial charge on any atom is -0.325 e. The molecule has 1 saturated heterocycles. The van der Waals surface area contributed by atoms with Gasteiger partial charge in [0.05, 0.1) is 11.4 Å². The van der Waals surface area contributed by atoms with Crippen molar-refractivity contribution in [3.63, 3.8) is 0 Å². The Morgan fingerprint density at radius 1 is 1.14 bits per heavy atom. The van der Waals surface area contributed by atoms with Crippen LogP contribution in [0.2, 0.25) is 0 Å². The Labute approximate surface area is 185 Å². The molecule has 1 N–H and O–H groups in total. The van der Waals surface area contributed by atoms with Crippen LogP contribution in [0.1, 0.15) is 25.3 Å². The van der Waals surface area contributed by atoms with Crippen molar-refractivity contribution in [2.75, 3.05) is 24.2 Å². The van der Waals surface area contributed by atoms with Gasteiger partial charge in [0.1, 0.15) is 0 Å². The number of nitrogens with one attached hydrogen (secondary N) is 1. The summed E-state index contributed by atoms with van der Waals surface area (Å²) in [4.78, 5) is 13.8. The number of hydrogen-bond donors (Lipinski definition) is 1. The van der Waals surface area contributed by atoms with Gasteiger partial charge in [-0.25, -0.2) is 12.7 Å². The van der Waals surface area contributed by atoms with Crippen molar-refractivity contribution < 1.29 is 13.2 Å². The van der Waals surface area contributed by atoms with Crippen molar-refractivity contribution in [3.8, 4) is 0 Å². The van der Waals surface area contributed by atoms with Crippen LogP contribution in [-0.2, 0) is 20.6 Å². The molecule has 29 heavy (non-hydrogen) atoms. The first-order chi connectivity index (χ1) is 13.9. The van der Waals surface area contributed by atoms with E-state index in [0.717, 1.165) is 26.4 Å². The van der Waals surface area contributed by atoms with Crippen LogP contribution in [0.15, 0.2) is 57.9 Å². The summed E-state index contributed by atoms with van der Waals surface area (Å²) in [6.45, 7) is 2.83. The quantitative estimate of drug-likeness (QED) is 0.562. The Kier molecular flexibility index (Phi) is 7.79. The topological polar surface area (TPSA) is 66.5 Å². The second-order valence-electron chi connectivity index (χ2n) is 6.97. The Bertz CT molecular complexity index is 941. The van der Waals surface area contributed by atoms with Gasteiger partial charge in [-0.2, -0.15) is 0 Å². The van der Waals surface area contributed by atoms with Gasteiger partial charge in [-0.1, -0.05) is 47.1 Å². The molecule has 0 atom stereocenters. The second kappa shape index (κ2) is 10.1. The van der Waals surface area contributed by atoms with E-state index in [4.69, 9.17) is 0 Å². The average molecular weight is 497 g/mol. The summed E-state index contributed by atoms with van der Waals surface area (Å²) in [7, 11) is -3.39. The van der Waals surface area contributed by atoms with Crippen molar-refractivity contribution in [1.82, 2.24) is 4.31 Å². The number of hydrogen-bond acceptors (Lipinski definition) is 4. The number of anilines is 1. The highest BCUT2D eigenvalue weighted by Crippen LogP contribution is 2.29. The van der Waals surface area contributed by atoms with Gasteiger partial charge in [-0.05, 0) is 48.4 Å². The van der Waals surface area contributed by atoms with Crippen molar-refractivity contribution >= 4 is 49.3 Å². The van der Waals surface area contributed by atoms with Gasteiger partial charge in [0.15, 0.2) is 0 Å². The van der Waals surface area contributed by atoms with Crippen molar-refractivity contribution in [2.45, 2.75) is 30.4 Å². The predicted octanol–water partition coefficient (Wildman–Crippen LogP) is 4.74. The SMILES string of the molecule is CCSc1ccccc1NC(=O)C1CCN(S(=O)(=O)Cc2ccc(Br)cc2)CC1. The molecule has 0 aliphatic carbocycles. The molecule has 1 heterocycles. The monoisotopic (exact) mass is 496 g/mol. The van der Waals surface area contributed by atoms with Gasteiger partial charge in [0.2, 0.25) is 15.9 Å².